The van der Waals surface area contributed by atoms with Crippen LogP contribution < -0.4 is 16.8 Å². The molecule has 0 aliphatic rings. The highest BCUT2D eigenvalue weighted by Crippen LogP contribution is 1.89. The molecule has 1 atom stereocenters. The van der Waals surface area contributed by atoms with Gasteiger partial charge in [0.05, 0.1) is 18.2 Å². The van der Waals surface area contributed by atoms with Crippen molar-refractivity contribution in [3.05, 3.63) is 0 Å². The Morgan fingerprint density at radius 1 is 1.38 bits per heavy atom. The van der Waals surface area contributed by atoms with Crippen molar-refractivity contribution in [1.29, 1.82) is 0 Å². The van der Waals surface area contributed by atoms with Gasteiger partial charge < -0.3 is 16.8 Å². The molecule has 0 aliphatic heterocycles. The molecule has 0 saturated heterocycles. The van der Waals surface area contributed by atoms with Crippen LogP contribution in [-0.4, -0.2) is 44.3 Å². The molecule has 0 heterocycles. The lowest BCUT2D eigenvalue weighted by Gasteiger charge is -2.10. The molecule has 8 heteroatoms. The second-order valence-corrected chi connectivity index (χ2v) is 5.78. The fraction of sp³-hybridized carbons (Fsp3) is 0.750. The third-order valence-corrected chi connectivity index (χ3v) is 3.62. The predicted octanol–water partition coefficient (Wildman–Crippen LogP) is -2.26. The van der Waals surface area contributed by atoms with Gasteiger partial charge in [-0.15, -0.1) is 0 Å². The predicted molar refractivity (Wildman–Crippen MR) is 59.1 cm³/mol. The Morgan fingerprint density at radius 2 is 1.94 bits per heavy atom. The lowest BCUT2D eigenvalue weighted by Crippen LogP contribution is -2.44. The van der Waals surface area contributed by atoms with Gasteiger partial charge in [-0.25, -0.2) is 8.42 Å². The van der Waals surface area contributed by atoms with Crippen LogP contribution in [0.25, 0.3) is 0 Å². The van der Waals surface area contributed by atoms with Crippen molar-refractivity contribution in [2.24, 2.45) is 11.5 Å². The smallest absolute Gasteiger partial charge is 0.237 e. The van der Waals surface area contributed by atoms with E-state index in [1.165, 1.54) is 6.92 Å². The van der Waals surface area contributed by atoms with Gasteiger partial charge in [-0.1, -0.05) is 6.92 Å². The van der Waals surface area contributed by atoms with Gasteiger partial charge >= 0.3 is 0 Å². The fourth-order valence-electron chi connectivity index (χ4n) is 0.915. The minimum absolute atomic E-state index is 0.0124. The fourth-order valence-corrected chi connectivity index (χ4v) is 1.62. The average molecular weight is 251 g/mol. The number of hydrogen-bond donors (Lipinski definition) is 3. The number of carbonyl (C=O) groups is 2. The molecule has 0 aromatic carbocycles. The van der Waals surface area contributed by atoms with Crippen LogP contribution in [0.3, 0.4) is 0 Å². The third kappa shape index (κ3) is 6.36. The van der Waals surface area contributed by atoms with Gasteiger partial charge in [0.1, 0.15) is 0 Å². The van der Waals surface area contributed by atoms with Crippen LogP contribution in [0.1, 0.15) is 13.3 Å². The summed E-state index contributed by atoms with van der Waals surface area (Å²) in [6, 6.07) is -1.03. The lowest BCUT2D eigenvalue weighted by atomic mass is 10.2. The first kappa shape index (κ1) is 14.8. The van der Waals surface area contributed by atoms with Gasteiger partial charge in [0.25, 0.3) is 0 Å². The molecule has 94 valence electrons. The van der Waals surface area contributed by atoms with Crippen molar-refractivity contribution >= 4 is 21.7 Å². The van der Waals surface area contributed by atoms with Crippen molar-refractivity contribution < 1.29 is 18.0 Å². The molecule has 1 unspecified atom stereocenters. The van der Waals surface area contributed by atoms with Gasteiger partial charge in [-0.05, 0) is 0 Å². The lowest BCUT2D eigenvalue weighted by molar-refractivity contribution is -0.126. The van der Waals surface area contributed by atoms with Gasteiger partial charge in [-0.2, -0.15) is 0 Å². The van der Waals surface area contributed by atoms with E-state index in [-0.39, 0.29) is 24.5 Å². The van der Waals surface area contributed by atoms with Crippen LogP contribution >= 0.6 is 0 Å². The van der Waals surface area contributed by atoms with Crippen LogP contribution in [0.2, 0.25) is 0 Å². The zero-order valence-corrected chi connectivity index (χ0v) is 9.92. The van der Waals surface area contributed by atoms with E-state index in [0.29, 0.717) is 0 Å². The zero-order chi connectivity index (χ0) is 12.8. The quantitative estimate of drug-likeness (QED) is 0.469. The molecule has 0 aromatic heterocycles. The second-order valence-electron chi connectivity index (χ2n) is 3.30. The van der Waals surface area contributed by atoms with Crippen LogP contribution in [0.5, 0.6) is 0 Å². The number of nitrogens with one attached hydrogen (secondary N) is 1. The first-order valence-electron chi connectivity index (χ1n) is 4.80. The summed E-state index contributed by atoms with van der Waals surface area (Å²) in [4.78, 5) is 21.7. The highest BCUT2D eigenvalue weighted by molar-refractivity contribution is 7.91. The second kappa shape index (κ2) is 6.44. The van der Waals surface area contributed by atoms with Crippen LogP contribution in [0.15, 0.2) is 0 Å². The van der Waals surface area contributed by atoms with E-state index in [0.717, 1.165) is 0 Å². The monoisotopic (exact) mass is 251 g/mol. The zero-order valence-electron chi connectivity index (χ0n) is 9.10. The topological polar surface area (TPSA) is 132 Å². The average Bonchev–Trinajstić information content (AvgIpc) is 2.16. The molecule has 2 amide bonds. The molecule has 5 N–H and O–H groups in total. The first-order valence-corrected chi connectivity index (χ1v) is 6.62. The molecule has 0 bridgehead atoms. The van der Waals surface area contributed by atoms with Crippen LogP contribution in [0.4, 0.5) is 0 Å². The van der Waals surface area contributed by atoms with E-state index < -0.39 is 27.7 Å². The molecule has 0 radical (unpaired) electrons. The van der Waals surface area contributed by atoms with Crippen molar-refractivity contribution in [3.8, 4) is 0 Å². The Balaban J connectivity index is 3.95. The summed E-state index contributed by atoms with van der Waals surface area (Å²) in [5.74, 6) is -1.37. The highest BCUT2D eigenvalue weighted by Gasteiger charge is 2.16. The van der Waals surface area contributed by atoms with E-state index in [2.05, 4.69) is 5.32 Å². The van der Waals surface area contributed by atoms with Gasteiger partial charge in [0.2, 0.25) is 11.8 Å². The normalized spacial score (nSPS) is 13.1. The molecule has 0 aromatic rings. The SMILES string of the molecule is CCS(=O)(=O)CCNC(=O)C(N)CC(N)=O. The number of nitrogens with two attached hydrogens (primary N) is 2. The molecule has 7 nitrogen and oxygen atoms in total. The molecule has 0 rings (SSSR count). The Morgan fingerprint density at radius 3 is 2.38 bits per heavy atom. The van der Waals surface area contributed by atoms with Gasteiger partial charge in [-0.3, -0.25) is 9.59 Å². The molecule has 0 saturated carbocycles. The first-order chi connectivity index (χ1) is 7.28. The van der Waals surface area contributed by atoms with E-state index in [9.17, 15) is 18.0 Å². The number of sulfone groups is 1. The van der Waals surface area contributed by atoms with Gasteiger partial charge in [0, 0.05) is 12.3 Å². The molecular weight excluding hydrogens is 234 g/mol. The van der Waals surface area contributed by atoms with Crippen LogP contribution in [0, 0.1) is 0 Å². The summed E-state index contributed by atoms with van der Waals surface area (Å²) in [7, 11) is -3.11. The maximum Gasteiger partial charge on any atom is 0.237 e. The van der Waals surface area contributed by atoms with Crippen molar-refractivity contribution in [2.75, 3.05) is 18.1 Å². The number of primary amides is 1. The number of amides is 2. The Bertz CT molecular complexity index is 352. The molecule has 0 aliphatic carbocycles. The van der Waals surface area contributed by atoms with E-state index >= 15 is 0 Å². The van der Waals surface area contributed by atoms with Crippen molar-refractivity contribution in [1.82, 2.24) is 5.32 Å². The minimum atomic E-state index is -3.11. The Kier molecular flexibility index (Phi) is 5.97. The van der Waals surface area contributed by atoms with Crippen LogP contribution in [-0.2, 0) is 19.4 Å². The summed E-state index contributed by atoms with van der Waals surface area (Å²) in [6.07, 6.45) is -0.258. The summed E-state index contributed by atoms with van der Waals surface area (Å²) < 4.78 is 22.1. The summed E-state index contributed by atoms with van der Waals surface area (Å²) in [5.41, 5.74) is 10.2. The van der Waals surface area contributed by atoms with Gasteiger partial charge in [0.15, 0.2) is 9.84 Å². The van der Waals surface area contributed by atoms with E-state index in [1.54, 1.807) is 0 Å². The summed E-state index contributed by atoms with van der Waals surface area (Å²) >= 11 is 0. The Hall–Kier alpha value is -1.15. The molecule has 0 spiro atoms. The largest absolute Gasteiger partial charge is 0.370 e. The standard InChI is InChI=1S/C8H17N3O4S/c1-2-16(14,15)4-3-11-8(13)6(9)5-7(10)12/h6H,2-5,9H2,1H3,(H2,10,12)(H,11,13). The van der Waals surface area contributed by atoms with E-state index in [1.807, 2.05) is 0 Å². The number of hydrogen-bond acceptors (Lipinski definition) is 5. The molecule has 0 fully saturated rings. The number of carbonyl (C=O) groups excluding carboxylic acids is 2. The van der Waals surface area contributed by atoms with E-state index in [4.69, 9.17) is 11.5 Å². The highest BCUT2D eigenvalue weighted by atomic mass is 32.2. The summed E-state index contributed by atoms with van der Waals surface area (Å²) in [5, 5.41) is 2.33. The molecule has 16 heavy (non-hydrogen) atoms. The van der Waals surface area contributed by atoms with Crippen molar-refractivity contribution in [3.63, 3.8) is 0 Å². The van der Waals surface area contributed by atoms with Crippen molar-refractivity contribution in [2.45, 2.75) is 19.4 Å². The maximum absolute atomic E-state index is 11.2. The maximum atomic E-state index is 11.2. The minimum Gasteiger partial charge on any atom is -0.370 e. The summed E-state index contributed by atoms with van der Waals surface area (Å²) in [6.45, 7) is 1.51. The molecular formula is C8H17N3O4S. The third-order valence-electron chi connectivity index (χ3n) is 1.91. The number of rotatable bonds is 7. The Labute approximate surface area is 94.5 Å².